The first-order chi connectivity index (χ1) is 11.9. The highest BCUT2D eigenvalue weighted by atomic mass is 32.2. The van der Waals surface area contributed by atoms with E-state index in [1.807, 2.05) is 0 Å². The first kappa shape index (κ1) is 17.8. The number of ether oxygens (including phenoxy) is 1. The van der Waals surface area contributed by atoms with E-state index >= 15 is 0 Å². The summed E-state index contributed by atoms with van der Waals surface area (Å²) < 4.78 is 5.61. The van der Waals surface area contributed by atoms with Crippen molar-refractivity contribution < 1.29 is 24.4 Å². The van der Waals surface area contributed by atoms with Gasteiger partial charge in [-0.15, -0.1) is 0 Å². The third kappa shape index (κ3) is 3.24. The summed E-state index contributed by atoms with van der Waals surface area (Å²) in [5.74, 6) is -1.14. The number of β-lactam (4-membered cyclic amide) rings is 1. The van der Waals surface area contributed by atoms with Crippen LogP contribution in [0.5, 0.6) is 0 Å². The van der Waals surface area contributed by atoms with Gasteiger partial charge in [0.2, 0.25) is 5.91 Å². The second-order valence-corrected chi connectivity index (χ2v) is 7.48. The van der Waals surface area contributed by atoms with E-state index in [0.29, 0.717) is 16.2 Å². The number of aliphatic hydroxyl groups is 1. The van der Waals surface area contributed by atoms with E-state index in [-0.39, 0.29) is 36.1 Å². The third-order valence-corrected chi connectivity index (χ3v) is 5.88. The second kappa shape index (κ2) is 7.06. The molecule has 1 N–H and O–H groups in total. The molecule has 0 aliphatic carbocycles. The van der Waals surface area contributed by atoms with Crippen LogP contribution in [0.4, 0.5) is 5.69 Å². The monoisotopic (exact) mass is 382 g/mol. The van der Waals surface area contributed by atoms with Crippen LogP contribution in [0, 0.1) is 16.0 Å². The number of thiocarbonyl (C=S) groups is 1. The summed E-state index contributed by atoms with van der Waals surface area (Å²) in [7, 11) is 0. The van der Waals surface area contributed by atoms with Crippen LogP contribution in [0.3, 0.4) is 0 Å². The molecule has 25 heavy (non-hydrogen) atoms. The lowest BCUT2D eigenvalue weighted by Gasteiger charge is -2.43. The largest absolute Gasteiger partial charge is 0.459 e. The fraction of sp³-hybridized carbons (Fsp3) is 0.400. The number of benzene rings is 1. The van der Waals surface area contributed by atoms with Crippen molar-refractivity contribution >= 4 is 45.7 Å². The molecular weight excluding hydrogens is 368 g/mol. The predicted molar refractivity (Wildman–Crippen MR) is 92.7 cm³/mol. The number of nitro benzene ring substituents is 1. The van der Waals surface area contributed by atoms with Crippen molar-refractivity contribution in [1.82, 2.24) is 4.90 Å². The number of amides is 1. The molecule has 0 saturated carbocycles. The number of hydrogen-bond donors (Lipinski definition) is 1. The van der Waals surface area contributed by atoms with Crippen LogP contribution in [-0.4, -0.2) is 49.0 Å². The van der Waals surface area contributed by atoms with Gasteiger partial charge < -0.3 is 14.7 Å². The van der Waals surface area contributed by atoms with Gasteiger partial charge >= 0.3 is 5.97 Å². The summed E-state index contributed by atoms with van der Waals surface area (Å²) in [6.45, 7) is -0.156. The lowest BCUT2D eigenvalue weighted by molar-refractivity contribution is -0.384. The molecule has 2 heterocycles. The van der Waals surface area contributed by atoms with Gasteiger partial charge in [0, 0.05) is 18.7 Å². The maximum absolute atomic E-state index is 12.3. The molecule has 1 aromatic carbocycles. The van der Waals surface area contributed by atoms with Gasteiger partial charge in [0.25, 0.3) is 5.69 Å². The molecule has 2 aliphatic heterocycles. The molecule has 132 valence electrons. The fourth-order valence-electron chi connectivity index (χ4n) is 2.82. The molecule has 8 nitrogen and oxygen atoms in total. The standard InChI is InChI=1S/C15H14N2O6S2/c18-6-5-10-12(19)16-11(15(24)25-13(10)16)14(20)23-7-8-1-3-9(4-2-8)17(21)22/h1-4,10-11,13,18H,5-7H2/t10-,11?,13+/m0/s1. The molecule has 2 fully saturated rings. The SMILES string of the molecule is O=C(OCc1ccc([N+](=O)[O-])cc1)C1C(=S)S[C@@H]2[C@@H](CCO)C(=O)N12. The smallest absolute Gasteiger partial charge is 0.335 e. The maximum Gasteiger partial charge on any atom is 0.335 e. The van der Waals surface area contributed by atoms with Crippen LogP contribution >= 0.6 is 24.0 Å². The lowest BCUT2D eigenvalue weighted by atomic mass is 9.93. The van der Waals surface area contributed by atoms with E-state index < -0.39 is 16.9 Å². The number of nitrogens with zero attached hydrogens (tertiary/aromatic N) is 2. The van der Waals surface area contributed by atoms with E-state index in [2.05, 4.69) is 0 Å². The van der Waals surface area contributed by atoms with E-state index in [9.17, 15) is 19.7 Å². The van der Waals surface area contributed by atoms with Gasteiger partial charge in [-0.25, -0.2) is 4.79 Å². The number of aliphatic hydroxyl groups excluding tert-OH is 1. The molecule has 2 saturated heterocycles. The summed E-state index contributed by atoms with van der Waals surface area (Å²) in [4.78, 5) is 36.0. The minimum absolute atomic E-state index is 0.0487. The van der Waals surface area contributed by atoms with Gasteiger partial charge in [0.1, 0.15) is 6.61 Å². The molecule has 0 radical (unpaired) electrons. The zero-order valence-corrected chi connectivity index (χ0v) is 14.5. The Morgan fingerprint density at radius 2 is 2.08 bits per heavy atom. The molecule has 0 spiro atoms. The van der Waals surface area contributed by atoms with E-state index in [4.69, 9.17) is 22.1 Å². The number of nitro groups is 1. The van der Waals surface area contributed by atoms with Gasteiger partial charge in [-0.2, -0.15) is 0 Å². The highest BCUT2D eigenvalue weighted by Gasteiger charge is 2.59. The molecular formula is C15H14N2O6S2. The van der Waals surface area contributed by atoms with Crippen molar-refractivity contribution in [1.29, 1.82) is 0 Å². The molecule has 0 bridgehead atoms. The Balaban J connectivity index is 1.61. The molecule has 1 aromatic rings. The number of carbonyl (C=O) groups is 2. The number of fused-ring (bicyclic) bond motifs is 1. The topological polar surface area (TPSA) is 110 Å². The zero-order valence-electron chi connectivity index (χ0n) is 12.9. The van der Waals surface area contributed by atoms with Crippen LogP contribution < -0.4 is 0 Å². The Bertz CT molecular complexity index is 738. The molecule has 10 heteroatoms. The average Bonchev–Trinajstić information content (AvgIpc) is 2.91. The predicted octanol–water partition coefficient (Wildman–Crippen LogP) is 1.25. The van der Waals surface area contributed by atoms with Gasteiger partial charge in [-0.3, -0.25) is 14.9 Å². The number of esters is 1. The third-order valence-electron chi connectivity index (χ3n) is 4.12. The Hall–Kier alpha value is -2.04. The van der Waals surface area contributed by atoms with Crippen molar-refractivity contribution in [3.05, 3.63) is 39.9 Å². The fourth-order valence-corrected chi connectivity index (χ4v) is 4.66. The van der Waals surface area contributed by atoms with E-state index in [1.165, 1.54) is 40.9 Å². The van der Waals surface area contributed by atoms with E-state index in [1.54, 1.807) is 0 Å². The minimum Gasteiger partial charge on any atom is -0.459 e. The molecule has 3 atom stereocenters. The first-order valence-corrected chi connectivity index (χ1v) is 8.76. The van der Waals surface area contributed by atoms with E-state index in [0.717, 1.165) is 0 Å². The van der Waals surface area contributed by atoms with Crippen molar-refractivity contribution in [3.8, 4) is 0 Å². The van der Waals surface area contributed by atoms with Crippen molar-refractivity contribution in [2.75, 3.05) is 6.61 Å². The van der Waals surface area contributed by atoms with Gasteiger partial charge in [-0.05, 0) is 24.1 Å². The Labute approximate surface area is 152 Å². The Morgan fingerprint density at radius 3 is 2.68 bits per heavy atom. The first-order valence-electron chi connectivity index (χ1n) is 7.47. The maximum atomic E-state index is 12.3. The van der Waals surface area contributed by atoms with Crippen LogP contribution in [-0.2, 0) is 20.9 Å². The average molecular weight is 382 g/mol. The minimum atomic E-state index is -0.898. The van der Waals surface area contributed by atoms with Crippen LogP contribution in [0.1, 0.15) is 12.0 Å². The van der Waals surface area contributed by atoms with Crippen molar-refractivity contribution in [2.24, 2.45) is 5.92 Å². The Kier molecular flexibility index (Phi) is 5.02. The zero-order chi connectivity index (χ0) is 18.1. The molecule has 0 aromatic heterocycles. The molecule has 1 unspecified atom stereocenters. The van der Waals surface area contributed by atoms with Crippen molar-refractivity contribution in [2.45, 2.75) is 24.4 Å². The number of thioether (sulfide) groups is 1. The molecule has 2 aliphatic rings. The Morgan fingerprint density at radius 1 is 1.40 bits per heavy atom. The summed E-state index contributed by atoms with van der Waals surface area (Å²) in [5, 5.41) is 19.4. The van der Waals surface area contributed by atoms with Crippen LogP contribution in [0.25, 0.3) is 0 Å². The second-order valence-electron chi connectivity index (χ2n) is 5.63. The van der Waals surface area contributed by atoms with Gasteiger partial charge in [0.15, 0.2) is 6.04 Å². The normalized spacial score (nSPS) is 24.7. The number of hydrogen-bond acceptors (Lipinski definition) is 8. The lowest BCUT2D eigenvalue weighted by Crippen LogP contribution is -2.61. The summed E-state index contributed by atoms with van der Waals surface area (Å²) in [5.41, 5.74) is 0.549. The number of non-ortho nitro benzene ring substituents is 1. The van der Waals surface area contributed by atoms with Gasteiger partial charge in [0.05, 0.1) is 20.4 Å². The molecule has 3 rings (SSSR count). The van der Waals surface area contributed by atoms with Crippen molar-refractivity contribution in [3.63, 3.8) is 0 Å². The van der Waals surface area contributed by atoms with Gasteiger partial charge in [-0.1, -0.05) is 24.0 Å². The number of carbonyl (C=O) groups excluding carboxylic acids is 2. The van der Waals surface area contributed by atoms with Crippen LogP contribution in [0.2, 0.25) is 0 Å². The quantitative estimate of drug-likeness (QED) is 0.257. The summed E-state index contributed by atoms with van der Waals surface area (Å²) in [6.07, 6.45) is 0.347. The van der Waals surface area contributed by atoms with Crippen LogP contribution in [0.15, 0.2) is 24.3 Å². The number of rotatable bonds is 6. The summed E-state index contributed by atoms with van der Waals surface area (Å²) in [6, 6.07) is 4.76. The highest BCUT2D eigenvalue weighted by Crippen LogP contribution is 2.46. The highest BCUT2D eigenvalue weighted by molar-refractivity contribution is 8.24. The summed E-state index contributed by atoms with van der Waals surface area (Å²) >= 11 is 6.49. The molecule has 1 amide bonds.